The minimum Gasteiger partial charge on any atom is -0.445 e. The van der Waals surface area contributed by atoms with E-state index in [1.54, 1.807) is 18.2 Å². The largest absolute Gasteiger partial charge is 0.445 e. The third-order valence-electron chi connectivity index (χ3n) is 5.20. The average molecular weight is 514 g/mol. The summed E-state index contributed by atoms with van der Waals surface area (Å²) >= 11 is 12.2. The van der Waals surface area contributed by atoms with Gasteiger partial charge in [0.15, 0.2) is 0 Å². The fraction of sp³-hybridized carbons (Fsp3) is 0.192. The quantitative estimate of drug-likeness (QED) is 0.379. The molecule has 7 nitrogen and oxygen atoms in total. The zero-order valence-corrected chi connectivity index (χ0v) is 20.3. The van der Waals surface area contributed by atoms with Crippen LogP contribution in [0.5, 0.6) is 0 Å². The highest BCUT2D eigenvalue weighted by atomic mass is 35.5. The third kappa shape index (κ3) is 8.31. The molecule has 0 spiro atoms. The SMILES string of the molecule is NC(=O)[C@@H](Cc1ccc(Cl)cc1Cl)NC(=O)[C@@H](Cc1ccccc1)NC(=O)OCc1ccccc1. The summed E-state index contributed by atoms with van der Waals surface area (Å²) in [4.78, 5) is 37.7. The van der Waals surface area contributed by atoms with Gasteiger partial charge in [0.1, 0.15) is 18.7 Å². The number of rotatable bonds is 10. The number of carbonyl (C=O) groups excluding carboxylic acids is 3. The van der Waals surface area contributed by atoms with Crippen molar-refractivity contribution in [2.75, 3.05) is 0 Å². The standard InChI is InChI=1S/C26H25Cl2N3O4/c27-20-12-11-19(21(28)15-20)14-22(24(29)32)30-25(33)23(13-17-7-3-1-4-8-17)31-26(34)35-16-18-9-5-2-6-10-18/h1-12,15,22-23H,13-14,16H2,(H2,29,32)(H,30,33)(H,31,34)/t22-,23-/m1/s1. The molecule has 3 rings (SSSR count). The highest BCUT2D eigenvalue weighted by molar-refractivity contribution is 6.35. The number of carbonyl (C=O) groups is 3. The number of halogens is 2. The lowest BCUT2D eigenvalue weighted by Crippen LogP contribution is -2.54. The number of hydrogen-bond donors (Lipinski definition) is 3. The fourth-order valence-corrected chi connectivity index (χ4v) is 3.85. The first-order valence-electron chi connectivity index (χ1n) is 10.9. The molecule has 0 radical (unpaired) electrons. The summed E-state index contributed by atoms with van der Waals surface area (Å²) in [5, 5.41) is 6.02. The molecule has 3 amide bonds. The molecule has 0 aliphatic rings. The van der Waals surface area contributed by atoms with Crippen molar-refractivity contribution in [2.24, 2.45) is 5.73 Å². The van der Waals surface area contributed by atoms with Crippen molar-refractivity contribution in [3.05, 3.63) is 106 Å². The van der Waals surface area contributed by atoms with Crippen LogP contribution in [0.15, 0.2) is 78.9 Å². The Morgan fingerprint density at radius 1 is 0.800 bits per heavy atom. The van der Waals surface area contributed by atoms with Gasteiger partial charge in [-0.25, -0.2) is 4.79 Å². The van der Waals surface area contributed by atoms with Gasteiger partial charge in [0.05, 0.1) is 0 Å². The van der Waals surface area contributed by atoms with E-state index in [0.717, 1.165) is 11.1 Å². The molecule has 0 fully saturated rings. The number of benzene rings is 3. The molecule has 0 aliphatic heterocycles. The van der Waals surface area contributed by atoms with E-state index in [-0.39, 0.29) is 19.4 Å². The summed E-state index contributed by atoms with van der Waals surface area (Å²) in [5.74, 6) is -1.33. The van der Waals surface area contributed by atoms with Crippen molar-refractivity contribution in [3.63, 3.8) is 0 Å². The summed E-state index contributed by atoms with van der Waals surface area (Å²) in [7, 11) is 0. The Morgan fingerprint density at radius 2 is 1.43 bits per heavy atom. The maximum absolute atomic E-state index is 13.2. The lowest BCUT2D eigenvalue weighted by molar-refractivity contribution is -0.128. The van der Waals surface area contributed by atoms with Crippen LogP contribution in [0.3, 0.4) is 0 Å². The van der Waals surface area contributed by atoms with Crippen LogP contribution in [-0.2, 0) is 33.8 Å². The molecule has 3 aromatic carbocycles. The number of amides is 3. The molecule has 35 heavy (non-hydrogen) atoms. The Hall–Kier alpha value is -3.55. The number of nitrogens with one attached hydrogen (secondary N) is 2. The summed E-state index contributed by atoms with van der Waals surface area (Å²) < 4.78 is 5.27. The van der Waals surface area contributed by atoms with Crippen molar-refractivity contribution in [2.45, 2.75) is 31.5 Å². The zero-order chi connectivity index (χ0) is 25.2. The van der Waals surface area contributed by atoms with Gasteiger partial charge in [0.2, 0.25) is 11.8 Å². The monoisotopic (exact) mass is 513 g/mol. The van der Waals surface area contributed by atoms with Crippen LogP contribution in [0.25, 0.3) is 0 Å². The molecule has 0 heterocycles. The van der Waals surface area contributed by atoms with Crippen molar-refractivity contribution in [3.8, 4) is 0 Å². The molecule has 0 saturated heterocycles. The van der Waals surface area contributed by atoms with Gasteiger partial charge in [-0.2, -0.15) is 0 Å². The number of hydrogen-bond acceptors (Lipinski definition) is 4. The van der Waals surface area contributed by atoms with Gasteiger partial charge in [-0.1, -0.05) is 89.9 Å². The van der Waals surface area contributed by atoms with Crippen molar-refractivity contribution in [1.82, 2.24) is 10.6 Å². The minimum absolute atomic E-state index is 0.0470. The first kappa shape index (κ1) is 26.1. The van der Waals surface area contributed by atoms with Gasteiger partial charge < -0.3 is 21.1 Å². The second kappa shape index (κ2) is 12.8. The summed E-state index contributed by atoms with van der Waals surface area (Å²) in [6.07, 6.45) is -0.519. The second-order valence-electron chi connectivity index (χ2n) is 7.85. The molecule has 0 aromatic heterocycles. The van der Waals surface area contributed by atoms with Crippen molar-refractivity contribution < 1.29 is 19.1 Å². The van der Waals surface area contributed by atoms with Gasteiger partial charge >= 0.3 is 6.09 Å². The molecule has 0 aliphatic carbocycles. The second-order valence-corrected chi connectivity index (χ2v) is 8.70. The Bertz CT molecular complexity index is 1160. The van der Waals surface area contributed by atoms with Crippen molar-refractivity contribution >= 4 is 41.1 Å². The number of alkyl carbamates (subject to hydrolysis) is 1. The number of nitrogens with two attached hydrogens (primary N) is 1. The zero-order valence-electron chi connectivity index (χ0n) is 18.7. The van der Waals surface area contributed by atoms with E-state index in [9.17, 15) is 14.4 Å². The molecular formula is C26H25Cl2N3O4. The van der Waals surface area contributed by atoms with Crippen LogP contribution in [0.1, 0.15) is 16.7 Å². The predicted molar refractivity (Wildman–Crippen MR) is 135 cm³/mol. The Kier molecular flexibility index (Phi) is 9.52. The Balaban J connectivity index is 1.71. The molecule has 2 atom stereocenters. The summed E-state index contributed by atoms with van der Waals surface area (Å²) in [5.41, 5.74) is 7.75. The fourth-order valence-electron chi connectivity index (χ4n) is 3.37. The third-order valence-corrected chi connectivity index (χ3v) is 5.79. The topological polar surface area (TPSA) is 111 Å². The van der Waals surface area contributed by atoms with Gasteiger partial charge in [-0.05, 0) is 28.8 Å². The van der Waals surface area contributed by atoms with Crippen LogP contribution in [0.4, 0.5) is 4.79 Å². The van der Waals surface area contributed by atoms with Gasteiger partial charge in [0, 0.05) is 22.9 Å². The highest BCUT2D eigenvalue weighted by Crippen LogP contribution is 2.22. The van der Waals surface area contributed by atoms with E-state index in [4.69, 9.17) is 33.7 Å². The maximum atomic E-state index is 13.2. The Morgan fingerprint density at radius 3 is 2.03 bits per heavy atom. The van der Waals surface area contributed by atoms with E-state index in [0.29, 0.717) is 15.6 Å². The molecule has 182 valence electrons. The van der Waals surface area contributed by atoms with E-state index >= 15 is 0 Å². The lowest BCUT2D eigenvalue weighted by Gasteiger charge is -2.22. The van der Waals surface area contributed by atoms with Crippen molar-refractivity contribution in [1.29, 1.82) is 0 Å². The predicted octanol–water partition coefficient (Wildman–Crippen LogP) is 4.04. The summed E-state index contributed by atoms with van der Waals surface area (Å²) in [6.45, 7) is 0.0470. The van der Waals surface area contributed by atoms with Gasteiger partial charge in [-0.3, -0.25) is 9.59 Å². The molecule has 0 unspecified atom stereocenters. The lowest BCUT2D eigenvalue weighted by atomic mass is 10.0. The molecule has 3 aromatic rings. The smallest absolute Gasteiger partial charge is 0.408 e. The molecule has 4 N–H and O–H groups in total. The van der Waals surface area contributed by atoms with E-state index < -0.39 is 30.0 Å². The maximum Gasteiger partial charge on any atom is 0.408 e. The van der Waals surface area contributed by atoms with Crippen LogP contribution in [0, 0.1) is 0 Å². The molecule has 9 heteroatoms. The van der Waals surface area contributed by atoms with Crippen LogP contribution in [0.2, 0.25) is 10.0 Å². The molecule has 0 bridgehead atoms. The number of ether oxygens (including phenoxy) is 1. The first-order chi connectivity index (χ1) is 16.8. The van der Waals surface area contributed by atoms with E-state index in [1.165, 1.54) is 0 Å². The van der Waals surface area contributed by atoms with E-state index in [1.807, 2.05) is 60.7 Å². The van der Waals surface area contributed by atoms with Crippen LogP contribution in [-0.4, -0.2) is 30.0 Å². The average Bonchev–Trinajstić information content (AvgIpc) is 2.84. The van der Waals surface area contributed by atoms with Crippen LogP contribution >= 0.6 is 23.2 Å². The Labute approximate surface area is 213 Å². The number of primary amides is 1. The molecular weight excluding hydrogens is 489 g/mol. The van der Waals surface area contributed by atoms with E-state index in [2.05, 4.69) is 10.6 Å². The van der Waals surface area contributed by atoms with Crippen LogP contribution < -0.4 is 16.4 Å². The van der Waals surface area contributed by atoms with Gasteiger partial charge in [-0.15, -0.1) is 0 Å². The van der Waals surface area contributed by atoms with Gasteiger partial charge in [0.25, 0.3) is 0 Å². The minimum atomic E-state index is -1.05. The summed E-state index contributed by atoms with van der Waals surface area (Å²) in [6, 6.07) is 21.1. The first-order valence-corrected chi connectivity index (χ1v) is 11.6. The normalized spacial score (nSPS) is 12.3. The highest BCUT2D eigenvalue weighted by Gasteiger charge is 2.27. The molecule has 0 saturated carbocycles.